The van der Waals surface area contributed by atoms with Crippen molar-refractivity contribution in [1.82, 2.24) is 14.7 Å². The number of phenols is 1. The molecule has 3 aromatic rings. The molecule has 4 rings (SSSR count). The summed E-state index contributed by atoms with van der Waals surface area (Å²) < 4.78 is 27.5. The molecule has 2 aromatic carbocycles. The van der Waals surface area contributed by atoms with Gasteiger partial charge in [0, 0.05) is 27.4 Å². The van der Waals surface area contributed by atoms with Crippen LogP contribution in [0.5, 0.6) is 5.75 Å². The van der Waals surface area contributed by atoms with Gasteiger partial charge in [-0.2, -0.15) is 0 Å². The molecule has 0 saturated carbocycles. The van der Waals surface area contributed by atoms with Gasteiger partial charge in [0.15, 0.2) is 5.82 Å². The molecule has 168 valence electrons. The number of sulfonamides is 1. The van der Waals surface area contributed by atoms with Gasteiger partial charge in [0.1, 0.15) is 11.6 Å². The minimum atomic E-state index is -3.28. The highest BCUT2D eigenvalue weighted by molar-refractivity contribution is 7.89. The molecule has 0 unspecified atom stereocenters. The molecule has 0 bridgehead atoms. The van der Waals surface area contributed by atoms with Gasteiger partial charge in [0.05, 0.1) is 16.8 Å². The highest BCUT2D eigenvalue weighted by atomic mass is 32.2. The zero-order chi connectivity index (χ0) is 22.0. The molecule has 8 heteroatoms. The van der Waals surface area contributed by atoms with Gasteiger partial charge in [0.2, 0.25) is 10.0 Å². The summed E-state index contributed by atoms with van der Waals surface area (Å²) in [5, 5.41) is 11.2. The van der Waals surface area contributed by atoms with Crippen molar-refractivity contribution in [2.75, 3.05) is 23.7 Å². The first-order valence-electron chi connectivity index (χ1n) is 10.7. The fourth-order valence-electron chi connectivity index (χ4n) is 3.94. The molecule has 2 heterocycles. The first-order chi connectivity index (χ1) is 14.9. The zero-order valence-electron chi connectivity index (χ0n) is 17.9. The van der Waals surface area contributed by atoms with Crippen molar-refractivity contribution in [2.24, 2.45) is 0 Å². The van der Waals surface area contributed by atoms with Crippen LogP contribution in [0, 0.1) is 6.92 Å². The van der Waals surface area contributed by atoms with Gasteiger partial charge in [-0.15, -0.1) is 0 Å². The van der Waals surface area contributed by atoms with Crippen molar-refractivity contribution in [1.29, 1.82) is 0 Å². The number of fused-ring (bicyclic) bond motifs is 1. The van der Waals surface area contributed by atoms with Crippen molar-refractivity contribution >= 4 is 26.7 Å². The van der Waals surface area contributed by atoms with Gasteiger partial charge < -0.3 is 10.0 Å². The molecule has 1 atom stereocenters. The molecule has 7 nitrogen and oxygen atoms in total. The molecule has 2 N–H and O–H groups in total. The number of benzene rings is 2. The Morgan fingerprint density at radius 1 is 1.23 bits per heavy atom. The summed E-state index contributed by atoms with van der Waals surface area (Å²) in [7, 11) is -3.28. The minimum Gasteiger partial charge on any atom is -0.507 e. The van der Waals surface area contributed by atoms with Gasteiger partial charge in [-0.25, -0.2) is 23.1 Å². The molecule has 1 aromatic heterocycles. The second-order valence-corrected chi connectivity index (χ2v) is 10.0. The molecule has 1 saturated heterocycles. The van der Waals surface area contributed by atoms with Crippen molar-refractivity contribution in [3.05, 3.63) is 48.0 Å². The van der Waals surface area contributed by atoms with Crippen LogP contribution in [0.15, 0.2) is 42.5 Å². The molecular weight excluding hydrogens is 412 g/mol. The van der Waals surface area contributed by atoms with Gasteiger partial charge in [-0.3, -0.25) is 0 Å². The Morgan fingerprint density at radius 2 is 2.03 bits per heavy atom. The summed E-state index contributed by atoms with van der Waals surface area (Å²) >= 11 is 0. The van der Waals surface area contributed by atoms with E-state index in [4.69, 9.17) is 9.97 Å². The van der Waals surface area contributed by atoms with Gasteiger partial charge in [-0.05, 0) is 49.6 Å². The lowest BCUT2D eigenvalue weighted by Gasteiger charge is -2.21. The summed E-state index contributed by atoms with van der Waals surface area (Å²) in [5.41, 5.74) is 2.46. The van der Waals surface area contributed by atoms with Crippen LogP contribution >= 0.6 is 0 Å². The summed E-state index contributed by atoms with van der Waals surface area (Å²) in [5.74, 6) is 1.51. The Hall–Kier alpha value is -2.71. The van der Waals surface area contributed by atoms with Crippen molar-refractivity contribution in [2.45, 2.75) is 39.2 Å². The third kappa shape index (κ3) is 4.80. The Balaban J connectivity index is 0.00000193. The molecule has 1 aliphatic rings. The first-order valence-corrected chi connectivity index (χ1v) is 12.3. The van der Waals surface area contributed by atoms with Crippen molar-refractivity contribution < 1.29 is 16.4 Å². The number of anilines is 1. The Morgan fingerprint density at radius 3 is 2.81 bits per heavy atom. The number of aromatic hydroxyl groups is 1. The number of phenolic OH excluding ortho intramolecular Hbond substituents is 1. The predicted molar refractivity (Wildman–Crippen MR) is 128 cm³/mol. The van der Waals surface area contributed by atoms with E-state index in [0.29, 0.717) is 37.3 Å². The molecule has 1 aliphatic heterocycles. The fourth-order valence-corrected chi connectivity index (χ4v) is 5.43. The summed E-state index contributed by atoms with van der Waals surface area (Å²) in [4.78, 5) is 11.6. The number of hydrogen-bond donors (Lipinski definition) is 2. The topological polar surface area (TPSA) is 95.4 Å². The monoisotopic (exact) mass is 444 g/mol. The van der Waals surface area contributed by atoms with Crippen LogP contribution in [0.25, 0.3) is 22.3 Å². The number of rotatable bonds is 7. The second-order valence-electron chi connectivity index (χ2n) is 8.13. The normalized spacial score (nSPS) is 16.8. The molecular formula is C23H32N4O3S. The molecule has 31 heavy (non-hydrogen) atoms. The number of para-hydroxylation sites is 1. The van der Waals surface area contributed by atoms with Crippen LogP contribution in [-0.2, 0) is 10.0 Å². The van der Waals surface area contributed by atoms with E-state index in [0.717, 1.165) is 28.7 Å². The van der Waals surface area contributed by atoms with E-state index in [2.05, 4.69) is 9.62 Å². The second kappa shape index (κ2) is 8.80. The molecule has 0 radical (unpaired) electrons. The van der Waals surface area contributed by atoms with E-state index < -0.39 is 10.0 Å². The number of nitrogens with zero attached hydrogens (tertiary/aromatic N) is 3. The first kappa shape index (κ1) is 21.5. The lowest BCUT2D eigenvalue weighted by molar-refractivity contribution is 0.477. The summed E-state index contributed by atoms with van der Waals surface area (Å²) in [6.45, 7) is 5.24. The maximum Gasteiger partial charge on any atom is 0.211 e. The number of nitrogens with one attached hydrogen (secondary N) is 1. The Kier molecular flexibility index (Phi) is 6.11. The van der Waals surface area contributed by atoms with Crippen molar-refractivity contribution in [3.8, 4) is 17.1 Å². The van der Waals surface area contributed by atoms with Gasteiger partial charge in [0.25, 0.3) is 0 Å². The van der Waals surface area contributed by atoms with Crippen LogP contribution in [0.3, 0.4) is 0 Å². The highest BCUT2D eigenvalue weighted by Gasteiger charge is 2.28. The summed E-state index contributed by atoms with van der Waals surface area (Å²) in [6, 6.07) is 12.9. The highest BCUT2D eigenvalue weighted by Crippen LogP contribution is 2.33. The fraction of sp³-hybridized carbons (Fsp3) is 0.391. The average Bonchev–Trinajstić information content (AvgIpc) is 3.19. The van der Waals surface area contributed by atoms with Crippen LogP contribution in [0.4, 0.5) is 5.82 Å². The quantitative estimate of drug-likeness (QED) is 0.570. The number of unbranched alkanes of at least 4 members (excludes halogenated alkanes) is 1. The molecule has 1 fully saturated rings. The number of hydrogen-bond acceptors (Lipinski definition) is 6. The minimum absolute atomic E-state index is 0. The smallest absolute Gasteiger partial charge is 0.211 e. The maximum absolute atomic E-state index is 12.3. The molecule has 0 spiro atoms. The standard InChI is InChI=1S/C23H28N4O3S.2H2/c1-3-4-13-31(29,30)26-17-11-12-27(15-17)23-18-10-9-16(2)14-20(18)24-22(25-23)19-7-5-6-8-21(19)28;;/h5-10,14,17,26,28H,3-4,11-13,15H2,1-2H3;2*1H/t17-;;/m1../s1. The maximum atomic E-state index is 12.3. The van der Waals surface area contributed by atoms with E-state index in [1.807, 2.05) is 38.1 Å². The van der Waals surface area contributed by atoms with E-state index >= 15 is 0 Å². The van der Waals surface area contributed by atoms with E-state index in [1.54, 1.807) is 18.2 Å². The van der Waals surface area contributed by atoms with Gasteiger partial charge >= 0.3 is 0 Å². The van der Waals surface area contributed by atoms with Crippen LogP contribution in [0.1, 0.15) is 34.6 Å². The molecule has 0 aliphatic carbocycles. The van der Waals surface area contributed by atoms with Crippen molar-refractivity contribution in [3.63, 3.8) is 0 Å². The molecule has 0 amide bonds. The lowest BCUT2D eigenvalue weighted by Crippen LogP contribution is -2.38. The average molecular weight is 445 g/mol. The number of aryl methyl sites for hydroxylation is 1. The third-order valence-corrected chi connectivity index (χ3v) is 7.10. The lowest BCUT2D eigenvalue weighted by atomic mass is 10.1. The number of aromatic nitrogens is 2. The summed E-state index contributed by atoms with van der Waals surface area (Å²) in [6.07, 6.45) is 2.22. The Bertz CT molecular complexity index is 1210. The van der Waals surface area contributed by atoms with E-state index in [9.17, 15) is 13.5 Å². The Labute approximate surface area is 186 Å². The largest absolute Gasteiger partial charge is 0.507 e. The predicted octanol–water partition coefficient (Wildman–Crippen LogP) is 4.10. The van der Waals surface area contributed by atoms with E-state index in [-0.39, 0.29) is 20.4 Å². The van der Waals surface area contributed by atoms with Crippen LogP contribution in [0.2, 0.25) is 0 Å². The van der Waals surface area contributed by atoms with Gasteiger partial charge in [-0.1, -0.05) is 31.5 Å². The van der Waals surface area contributed by atoms with Crippen LogP contribution in [-0.4, -0.2) is 48.4 Å². The SMILES string of the molecule is CCCCS(=O)(=O)N[C@@H]1CCN(c2nc(-c3ccccc3O)nc3cc(C)ccc23)C1.[HH].[HH]. The zero-order valence-corrected chi connectivity index (χ0v) is 18.7. The third-order valence-electron chi connectivity index (χ3n) is 5.58. The van der Waals surface area contributed by atoms with E-state index in [1.165, 1.54) is 0 Å². The van der Waals surface area contributed by atoms with Crippen LogP contribution < -0.4 is 9.62 Å².